The van der Waals surface area contributed by atoms with Crippen molar-refractivity contribution in [3.63, 3.8) is 0 Å². The first kappa shape index (κ1) is 25.4. The molecule has 1 amide bonds. The Morgan fingerprint density at radius 1 is 1.30 bits per heavy atom. The predicted octanol–water partition coefficient (Wildman–Crippen LogP) is 3.69. The van der Waals surface area contributed by atoms with Gasteiger partial charge < -0.3 is 19.5 Å². The Bertz CT molecular complexity index is 938. The van der Waals surface area contributed by atoms with Crippen molar-refractivity contribution in [2.75, 3.05) is 26.5 Å². The first-order valence-electron chi connectivity index (χ1n) is 10.8. The number of amides is 1. The molecule has 0 bridgehead atoms. The summed E-state index contributed by atoms with van der Waals surface area (Å²) in [7, 11) is 1.73. The van der Waals surface area contributed by atoms with Crippen molar-refractivity contribution in [3.05, 3.63) is 11.2 Å². The highest BCUT2D eigenvalue weighted by atomic mass is 35.5. The summed E-state index contributed by atoms with van der Waals surface area (Å²) in [5, 5.41) is 2.62. The molecule has 33 heavy (non-hydrogen) atoms. The summed E-state index contributed by atoms with van der Waals surface area (Å²) in [6.07, 6.45) is 2.08. The highest BCUT2D eigenvalue weighted by Gasteiger charge is 2.25. The van der Waals surface area contributed by atoms with E-state index in [0.717, 1.165) is 25.7 Å². The molecule has 1 aliphatic carbocycles. The lowest BCUT2D eigenvalue weighted by Crippen LogP contribution is -2.39. The van der Waals surface area contributed by atoms with Crippen molar-refractivity contribution < 1.29 is 32.2 Å². The Morgan fingerprint density at radius 3 is 2.67 bits per heavy atom. The van der Waals surface area contributed by atoms with Crippen molar-refractivity contribution in [1.82, 2.24) is 19.9 Å². The molecular weight excluding hydrogens is 465 g/mol. The topological polar surface area (TPSA) is 87.5 Å². The van der Waals surface area contributed by atoms with Gasteiger partial charge in [0.1, 0.15) is 23.3 Å². The molecule has 12 heteroatoms. The average molecular weight is 493 g/mol. The lowest BCUT2D eigenvalue weighted by molar-refractivity contribution is -0.120. The van der Waals surface area contributed by atoms with Gasteiger partial charge in [-0.3, -0.25) is 9.36 Å². The van der Waals surface area contributed by atoms with E-state index in [9.17, 15) is 18.0 Å². The van der Waals surface area contributed by atoms with E-state index in [1.807, 2.05) is 0 Å². The molecule has 184 valence electrons. The van der Waals surface area contributed by atoms with Gasteiger partial charge in [0.05, 0.1) is 24.4 Å². The van der Waals surface area contributed by atoms with Crippen LogP contribution in [0.2, 0.25) is 5.02 Å². The van der Waals surface area contributed by atoms with Crippen LogP contribution in [0.1, 0.15) is 32.6 Å². The van der Waals surface area contributed by atoms with Crippen molar-refractivity contribution in [2.24, 2.45) is 13.0 Å². The second-order valence-corrected chi connectivity index (χ2v) is 8.49. The Morgan fingerprint density at radius 2 is 2.03 bits per heavy atom. The molecule has 1 fully saturated rings. The van der Waals surface area contributed by atoms with Crippen molar-refractivity contribution in [3.8, 4) is 11.9 Å². The zero-order valence-electron chi connectivity index (χ0n) is 18.5. The van der Waals surface area contributed by atoms with E-state index in [-0.39, 0.29) is 29.5 Å². The second kappa shape index (κ2) is 11.7. The highest BCUT2D eigenvalue weighted by Crippen LogP contribution is 2.34. The zero-order chi connectivity index (χ0) is 24.0. The maximum Gasteiger partial charge on any atom is 0.297 e. The van der Waals surface area contributed by atoms with Gasteiger partial charge in [0.15, 0.2) is 6.61 Å². The number of aryl methyl sites for hydroxylation is 1. The fourth-order valence-electron chi connectivity index (χ4n) is 3.83. The molecule has 0 saturated heterocycles. The third-order valence-corrected chi connectivity index (χ3v) is 5.80. The number of carbonyl (C=O) groups is 1. The molecular formula is C21H28ClF3N4O4. The number of halogens is 4. The minimum absolute atomic E-state index is 0.0454. The standard InChI is InChI=1S/C21H28ClF3N4O4/c1-12(30)27-14(7-23)10-31-9-13-3-5-15(6-4-13)33-21-28-16-8-26-20(32-11-17(24)25)18(22)19(16)29(21)2/h8,13-15,17H,3-7,9-11H2,1-2H3,(H,27,30)/t13?,14-,15?/m0/s1. The molecule has 0 aliphatic heterocycles. The monoisotopic (exact) mass is 492 g/mol. The molecule has 2 aromatic rings. The van der Waals surface area contributed by atoms with Gasteiger partial charge in [-0.2, -0.15) is 4.98 Å². The van der Waals surface area contributed by atoms with Crippen LogP contribution in [0, 0.1) is 5.92 Å². The first-order chi connectivity index (χ1) is 15.8. The summed E-state index contributed by atoms with van der Waals surface area (Å²) < 4.78 is 56.1. The number of fused-ring (bicyclic) bond motifs is 1. The minimum atomic E-state index is -2.63. The Labute approximate surface area is 194 Å². The van der Waals surface area contributed by atoms with Crippen LogP contribution in [0.3, 0.4) is 0 Å². The van der Waals surface area contributed by atoms with Gasteiger partial charge in [0.2, 0.25) is 11.8 Å². The van der Waals surface area contributed by atoms with E-state index in [2.05, 4.69) is 15.3 Å². The normalized spacial score (nSPS) is 19.6. The van der Waals surface area contributed by atoms with Gasteiger partial charge >= 0.3 is 0 Å². The third kappa shape index (κ3) is 6.86. The molecule has 1 N–H and O–H groups in total. The van der Waals surface area contributed by atoms with Gasteiger partial charge in [0, 0.05) is 20.6 Å². The second-order valence-electron chi connectivity index (χ2n) is 8.12. The molecule has 1 aliphatic rings. The van der Waals surface area contributed by atoms with Gasteiger partial charge in [-0.25, -0.2) is 18.2 Å². The lowest BCUT2D eigenvalue weighted by Gasteiger charge is -2.28. The van der Waals surface area contributed by atoms with E-state index < -0.39 is 25.7 Å². The number of carbonyl (C=O) groups excluding carboxylic acids is 1. The maximum atomic E-state index is 12.9. The summed E-state index contributed by atoms with van der Waals surface area (Å²) in [6, 6.07) is -0.261. The first-order valence-corrected chi connectivity index (χ1v) is 11.2. The fourth-order valence-corrected chi connectivity index (χ4v) is 4.16. The van der Waals surface area contributed by atoms with Crippen molar-refractivity contribution >= 4 is 28.5 Å². The number of ether oxygens (including phenoxy) is 3. The van der Waals surface area contributed by atoms with Crippen LogP contribution in [0.4, 0.5) is 13.2 Å². The Balaban J connectivity index is 1.52. The minimum Gasteiger partial charge on any atom is -0.470 e. The number of aromatic nitrogens is 3. The number of hydrogen-bond donors (Lipinski definition) is 1. The number of alkyl halides is 3. The molecule has 0 radical (unpaired) electrons. The largest absolute Gasteiger partial charge is 0.470 e. The van der Waals surface area contributed by atoms with Crippen LogP contribution in [0.25, 0.3) is 11.0 Å². The summed E-state index contributed by atoms with van der Waals surface area (Å²) in [5.41, 5.74) is 0.972. The number of hydrogen-bond acceptors (Lipinski definition) is 6. The van der Waals surface area contributed by atoms with Crippen LogP contribution in [0.15, 0.2) is 6.20 Å². The fraction of sp³-hybridized carbons (Fsp3) is 0.667. The Kier molecular flexibility index (Phi) is 9.02. The number of nitrogens with one attached hydrogen (secondary N) is 1. The SMILES string of the molecule is CC(=O)N[C@@H](CF)COCC1CCC(Oc2nc3cnc(OCC(F)F)c(Cl)c3n2C)CC1. The molecule has 1 atom stereocenters. The molecule has 2 heterocycles. The number of imidazole rings is 1. The molecule has 2 aromatic heterocycles. The van der Waals surface area contributed by atoms with Gasteiger partial charge in [-0.05, 0) is 31.6 Å². The summed E-state index contributed by atoms with van der Waals surface area (Å²) in [4.78, 5) is 19.4. The molecule has 3 rings (SSSR count). The maximum absolute atomic E-state index is 12.9. The summed E-state index contributed by atoms with van der Waals surface area (Å²) in [6.45, 7) is 0.521. The van der Waals surface area contributed by atoms with Gasteiger partial charge in [-0.1, -0.05) is 11.6 Å². The predicted molar refractivity (Wildman–Crippen MR) is 116 cm³/mol. The molecule has 1 saturated carbocycles. The van der Waals surface area contributed by atoms with Crippen LogP contribution >= 0.6 is 11.6 Å². The number of rotatable bonds is 11. The zero-order valence-corrected chi connectivity index (χ0v) is 19.3. The molecule has 0 aromatic carbocycles. The lowest BCUT2D eigenvalue weighted by atomic mass is 9.88. The van der Waals surface area contributed by atoms with Crippen LogP contribution in [-0.2, 0) is 16.6 Å². The van der Waals surface area contributed by atoms with E-state index in [1.54, 1.807) is 11.6 Å². The van der Waals surface area contributed by atoms with Crippen LogP contribution in [0.5, 0.6) is 11.9 Å². The summed E-state index contributed by atoms with van der Waals surface area (Å²) in [5.74, 6) is -0.0288. The van der Waals surface area contributed by atoms with Crippen LogP contribution in [-0.4, -0.2) is 65.5 Å². The number of pyridine rings is 1. The number of nitrogens with zero attached hydrogens (tertiary/aromatic N) is 3. The molecule has 8 nitrogen and oxygen atoms in total. The van der Waals surface area contributed by atoms with Gasteiger partial charge in [0.25, 0.3) is 12.4 Å². The van der Waals surface area contributed by atoms with Crippen molar-refractivity contribution in [2.45, 2.75) is 51.2 Å². The van der Waals surface area contributed by atoms with Crippen molar-refractivity contribution in [1.29, 1.82) is 0 Å². The summed E-state index contributed by atoms with van der Waals surface area (Å²) >= 11 is 6.31. The highest BCUT2D eigenvalue weighted by molar-refractivity contribution is 6.36. The molecule has 0 spiro atoms. The van der Waals surface area contributed by atoms with E-state index in [4.69, 9.17) is 25.8 Å². The average Bonchev–Trinajstić information content (AvgIpc) is 3.09. The molecule has 0 unspecified atom stereocenters. The van der Waals surface area contributed by atoms with E-state index >= 15 is 0 Å². The third-order valence-electron chi connectivity index (χ3n) is 5.46. The van der Waals surface area contributed by atoms with Crippen LogP contribution < -0.4 is 14.8 Å². The quantitative estimate of drug-likeness (QED) is 0.515. The smallest absolute Gasteiger partial charge is 0.297 e. The van der Waals surface area contributed by atoms with E-state index in [0.29, 0.717) is 29.6 Å². The Hall–Kier alpha value is -2.27. The van der Waals surface area contributed by atoms with E-state index in [1.165, 1.54) is 13.1 Å². The van der Waals surface area contributed by atoms with Gasteiger partial charge in [-0.15, -0.1) is 0 Å².